The van der Waals surface area contributed by atoms with Crippen LogP contribution in [0.4, 0.5) is 0 Å². The number of hydrogen-bond acceptors (Lipinski definition) is 1. The van der Waals surface area contributed by atoms with Crippen molar-refractivity contribution in [1.29, 1.82) is 0 Å². The predicted molar refractivity (Wildman–Crippen MR) is 56.0 cm³/mol. The van der Waals surface area contributed by atoms with Gasteiger partial charge in [-0.15, -0.1) is 11.6 Å². The van der Waals surface area contributed by atoms with Crippen LogP contribution in [0.2, 0.25) is 5.02 Å². The highest BCUT2D eigenvalue weighted by Gasteiger charge is 2.09. The van der Waals surface area contributed by atoms with E-state index in [9.17, 15) is 4.79 Å². The van der Waals surface area contributed by atoms with Crippen molar-refractivity contribution < 1.29 is 4.79 Å². The molecule has 0 radical (unpaired) electrons. The zero-order chi connectivity index (χ0) is 10.0. The fourth-order valence-corrected chi connectivity index (χ4v) is 1.51. The second kappa shape index (κ2) is 4.12. The molecule has 3 heteroatoms. The van der Waals surface area contributed by atoms with Crippen LogP contribution in [-0.4, -0.2) is 11.7 Å². The van der Waals surface area contributed by atoms with Crippen LogP contribution in [0.15, 0.2) is 12.1 Å². The van der Waals surface area contributed by atoms with Crippen molar-refractivity contribution in [3.8, 4) is 0 Å². The standard InChI is InChI=1S/C10H10Cl2O/c1-6-3-7(2)9(12)4-8(6)10(13)5-11/h3-4H,5H2,1-2H3. The summed E-state index contributed by atoms with van der Waals surface area (Å²) in [6.07, 6.45) is 0. The Morgan fingerprint density at radius 1 is 1.31 bits per heavy atom. The van der Waals surface area contributed by atoms with Crippen molar-refractivity contribution in [3.63, 3.8) is 0 Å². The van der Waals surface area contributed by atoms with Crippen LogP contribution in [0, 0.1) is 13.8 Å². The number of halogens is 2. The Kier molecular flexibility index (Phi) is 3.34. The summed E-state index contributed by atoms with van der Waals surface area (Å²) in [5, 5.41) is 0.610. The third kappa shape index (κ3) is 2.23. The molecule has 1 aromatic carbocycles. The number of carbonyl (C=O) groups is 1. The van der Waals surface area contributed by atoms with Gasteiger partial charge in [-0.05, 0) is 31.0 Å². The molecule has 0 unspecified atom stereocenters. The highest BCUT2D eigenvalue weighted by molar-refractivity contribution is 6.33. The molecular formula is C10H10Cl2O. The summed E-state index contributed by atoms with van der Waals surface area (Å²) in [6, 6.07) is 3.57. The number of rotatable bonds is 2. The van der Waals surface area contributed by atoms with Gasteiger partial charge in [-0.1, -0.05) is 17.7 Å². The van der Waals surface area contributed by atoms with Gasteiger partial charge >= 0.3 is 0 Å². The molecule has 0 aliphatic heterocycles. The van der Waals surface area contributed by atoms with Crippen molar-refractivity contribution in [2.45, 2.75) is 13.8 Å². The Balaban J connectivity index is 3.23. The maximum atomic E-state index is 11.3. The Morgan fingerprint density at radius 2 is 1.92 bits per heavy atom. The van der Waals surface area contributed by atoms with Crippen LogP contribution in [0.5, 0.6) is 0 Å². The van der Waals surface area contributed by atoms with Gasteiger partial charge in [0.25, 0.3) is 0 Å². The molecule has 13 heavy (non-hydrogen) atoms. The average Bonchev–Trinajstić information content (AvgIpc) is 2.10. The molecule has 0 saturated heterocycles. The first kappa shape index (κ1) is 10.6. The average molecular weight is 217 g/mol. The minimum atomic E-state index is -0.0823. The number of Topliss-reactive ketones (excluding diaryl/α,β-unsaturated/α-hetero) is 1. The van der Waals surface area contributed by atoms with E-state index in [4.69, 9.17) is 23.2 Å². The van der Waals surface area contributed by atoms with Gasteiger partial charge in [0.05, 0.1) is 5.88 Å². The first-order chi connectivity index (χ1) is 6.06. The van der Waals surface area contributed by atoms with E-state index in [1.807, 2.05) is 19.9 Å². The SMILES string of the molecule is Cc1cc(C)c(C(=O)CCl)cc1Cl. The van der Waals surface area contributed by atoms with E-state index in [1.54, 1.807) is 6.07 Å². The number of carbonyl (C=O) groups excluding carboxylic acids is 1. The van der Waals surface area contributed by atoms with Gasteiger partial charge in [0.15, 0.2) is 5.78 Å². The molecule has 1 aromatic rings. The normalized spacial score (nSPS) is 10.2. The molecule has 0 saturated carbocycles. The van der Waals surface area contributed by atoms with Gasteiger partial charge in [0.1, 0.15) is 0 Å². The third-order valence-electron chi connectivity index (χ3n) is 1.93. The van der Waals surface area contributed by atoms with Crippen LogP contribution in [0.3, 0.4) is 0 Å². The van der Waals surface area contributed by atoms with Gasteiger partial charge in [-0.3, -0.25) is 4.79 Å². The predicted octanol–water partition coefficient (Wildman–Crippen LogP) is 3.38. The smallest absolute Gasteiger partial charge is 0.177 e. The molecule has 0 aliphatic rings. The summed E-state index contributed by atoms with van der Waals surface area (Å²) >= 11 is 11.3. The molecule has 0 fully saturated rings. The minimum absolute atomic E-state index is 0.000228. The fourth-order valence-electron chi connectivity index (χ4n) is 1.20. The van der Waals surface area contributed by atoms with Gasteiger partial charge in [0, 0.05) is 10.6 Å². The second-order valence-electron chi connectivity index (χ2n) is 2.97. The molecule has 0 aliphatic carbocycles. The zero-order valence-electron chi connectivity index (χ0n) is 7.53. The number of alkyl halides is 1. The first-order valence-corrected chi connectivity index (χ1v) is 4.83. The van der Waals surface area contributed by atoms with E-state index in [2.05, 4.69) is 0 Å². The Bertz CT molecular complexity index is 345. The topological polar surface area (TPSA) is 17.1 Å². The van der Waals surface area contributed by atoms with Crippen LogP contribution in [-0.2, 0) is 0 Å². The van der Waals surface area contributed by atoms with Crippen LogP contribution in [0.1, 0.15) is 21.5 Å². The van der Waals surface area contributed by atoms with Crippen molar-refractivity contribution >= 4 is 29.0 Å². The second-order valence-corrected chi connectivity index (χ2v) is 3.65. The number of aryl methyl sites for hydroxylation is 2. The summed E-state index contributed by atoms with van der Waals surface area (Å²) in [4.78, 5) is 11.3. The van der Waals surface area contributed by atoms with Gasteiger partial charge in [0.2, 0.25) is 0 Å². The summed E-state index contributed by atoms with van der Waals surface area (Å²) in [7, 11) is 0. The Labute approximate surface area is 87.7 Å². The number of benzene rings is 1. The van der Waals surface area contributed by atoms with Crippen LogP contribution >= 0.6 is 23.2 Å². The lowest BCUT2D eigenvalue weighted by Crippen LogP contribution is -2.03. The van der Waals surface area contributed by atoms with Crippen molar-refractivity contribution in [1.82, 2.24) is 0 Å². The summed E-state index contributed by atoms with van der Waals surface area (Å²) in [5.41, 5.74) is 2.52. The van der Waals surface area contributed by atoms with E-state index >= 15 is 0 Å². The van der Waals surface area contributed by atoms with Gasteiger partial charge in [-0.25, -0.2) is 0 Å². The van der Waals surface area contributed by atoms with Gasteiger partial charge in [-0.2, -0.15) is 0 Å². The van der Waals surface area contributed by atoms with E-state index < -0.39 is 0 Å². The molecule has 1 rings (SSSR count). The molecule has 70 valence electrons. The molecule has 0 heterocycles. The van der Waals surface area contributed by atoms with E-state index in [0.29, 0.717) is 10.6 Å². The van der Waals surface area contributed by atoms with E-state index in [1.165, 1.54) is 0 Å². The van der Waals surface area contributed by atoms with Crippen LogP contribution in [0.25, 0.3) is 0 Å². The molecule has 0 amide bonds. The van der Waals surface area contributed by atoms with Crippen molar-refractivity contribution in [2.24, 2.45) is 0 Å². The number of ketones is 1. The molecule has 0 N–H and O–H groups in total. The zero-order valence-corrected chi connectivity index (χ0v) is 9.04. The lowest BCUT2D eigenvalue weighted by molar-refractivity contribution is 0.102. The molecule has 0 bridgehead atoms. The van der Waals surface area contributed by atoms with Crippen molar-refractivity contribution in [2.75, 3.05) is 5.88 Å². The summed E-state index contributed by atoms with van der Waals surface area (Å²) < 4.78 is 0. The van der Waals surface area contributed by atoms with Gasteiger partial charge < -0.3 is 0 Å². The molecule has 0 atom stereocenters. The maximum Gasteiger partial charge on any atom is 0.177 e. The van der Waals surface area contributed by atoms with Crippen LogP contribution < -0.4 is 0 Å². The third-order valence-corrected chi connectivity index (χ3v) is 2.58. The summed E-state index contributed by atoms with van der Waals surface area (Å²) in [6.45, 7) is 3.79. The Morgan fingerprint density at radius 3 is 2.46 bits per heavy atom. The molecule has 0 aromatic heterocycles. The monoisotopic (exact) mass is 216 g/mol. The summed E-state index contributed by atoms with van der Waals surface area (Å²) in [5.74, 6) is -0.0821. The lowest BCUT2D eigenvalue weighted by Gasteiger charge is -2.05. The maximum absolute atomic E-state index is 11.3. The highest BCUT2D eigenvalue weighted by Crippen LogP contribution is 2.21. The molecule has 0 spiro atoms. The minimum Gasteiger partial charge on any atom is -0.293 e. The Hall–Kier alpha value is -0.530. The highest BCUT2D eigenvalue weighted by atomic mass is 35.5. The van der Waals surface area contributed by atoms with E-state index in [0.717, 1.165) is 11.1 Å². The largest absolute Gasteiger partial charge is 0.293 e. The van der Waals surface area contributed by atoms with Crippen molar-refractivity contribution in [3.05, 3.63) is 33.8 Å². The quantitative estimate of drug-likeness (QED) is 0.548. The fraction of sp³-hybridized carbons (Fsp3) is 0.300. The first-order valence-electron chi connectivity index (χ1n) is 3.92. The molecule has 1 nitrogen and oxygen atoms in total. The van der Waals surface area contributed by atoms with E-state index in [-0.39, 0.29) is 11.7 Å². The lowest BCUT2D eigenvalue weighted by atomic mass is 10.0. The molecular weight excluding hydrogens is 207 g/mol. The number of hydrogen-bond donors (Lipinski definition) is 0.